The van der Waals surface area contributed by atoms with Crippen LogP contribution in [0.1, 0.15) is 34.1 Å². The van der Waals surface area contributed by atoms with Crippen LogP contribution in [0.2, 0.25) is 0 Å². The van der Waals surface area contributed by atoms with E-state index < -0.39 is 10.0 Å². The van der Waals surface area contributed by atoms with Gasteiger partial charge >= 0.3 is 58.2 Å². The van der Waals surface area contributed by atoms with Gasteiger partial charge in [-0.25, -0.2) is 8.42 Å². The summed E-state index contributed by atoms with van der Waals surface area (Å²) < 4.78 is 26.7. The minimum atomic E-state index is -3.12. The van der Waals surface area contributed by atoms with Crippen molar-refractivity contribution in [2.75, 3.05) is 5.75 Å². The molecular weight excluding hydrogens is 284 g/mol. The summed E-state index contributed by atoms with van der Waals surface area (Å²) in [7, 11) is -3.12. The number of sulfonamides is 1. The van der Waals surface area contributed by atoms with Gasteiger partial charge in [0.15, 0.2) is 0 Å². The summed E-state index contributed by atoms with van der Waals surface area (Å²) in [4.78, 5) is 0. The molecule has 1 fully saturated rings. The van der Waals surface area contributed by atoms with Gasteiger partial charge in [-0.05, 0) is 12.3 Å². The van der Waals surface area contributed by atoms with Gasteiger partial charge in [-0.1, -0.05) is 39.5 Å². The van der Waals surface area contributed by atoms with Crippen LogP contribution in [0.3, 0.4) is 0 Å². The first-order valence-corrected chi connectivity index (χ1v) is 6.89. The maximum Gasteiger partial charge on any atom is 1.00 e. The fraction of sp³-hybridized carbons (Fsp3) is 1.00. The Labute approximate surface area is 143 Å². The van der Waals surface area contributed by atoms with Gasteiger partial charge in [-0.2, -0.15) is 0 Å². The van der Waals surface area contributed by atoms with E-state index in [2.05, 4.69) is 18.6 Å². The summed E-state index contributed by atoms with van der Waals surface area (Å²) in [6.07, 6.45) is 0.770. The molecule has 1 aliphatic rings. The van der Waals surface area contributed by atoms with Crippen LogP contribution in [0, 0.1) is 17.8 Å². The van der Waals surface area contributed by atoms with Crippen LogP contribution >= 0.6 is 0 Å². The van der Waals surface area contributed by atoms with Crippen LogP contribution in [-0.4, -0.2) is 20.2 Å². The van der Waals surface area contributed by atoms with Crippen molar-refractivity contribution in [3.05, 3.63) is 4.72 Å². The summed E-state index contributed by atoms with van der Waals surface area (Å²) in [6.45, 7) is 8.38. The molecular formula is C10H20NO2RbS. The minimum Gasteiger partial charge on any atom is -0.546 e. The Morgan fingerprint density at radius 3 is 2.07 bits per heavy atom. The molecule has 1 saturated heterocycles. The van der Waals surface area contributed by atoms with Gasteiger partial charge in [0.2, 0.25) is 0 Å². The quantitative estimate of drug-likeness (QED) is 0.684. The van der Waals surface area contributed by atoms with Crippen LogP contribution in [0.4, 0.5) is 0 Å². The number of rotatable bonds is 2. The van der Waals surface area contributed by atoms with Gasteiger partial charge in [0.25, 0.3) is 0 Å². The molecule has 0 spiro atoms. The van der Waals surface area contributed by atoms with Gasteiger partial charge in [-0.3, -0.25) is 0 Å². The fourth-order valence-corrected chi connectivity index (χ4v) is 3.56. The average molecular weight is 304 g/mol. The monoisotopic (exact) mass is 303 g/mol. The Hall–Kier alpha value is 1.72. The zero-order chi connectivity index (χ0) is 10.9. The average Bonchev–Trinajstić information content (AvgIpc) is 2.01. The molecule has 3 nitrogen and oxygen atoms in total. The largest absolute Gasteiger partial charge is 1.00 e. The predicted molar refractivity (Wildman–Crippen MR) is 58.7 cm³/mol. The molecule has 84 valence electrons. The smallest absolute Gasteiger partial charge is 0.546 e. The third-order valence-electron chi connectivity index (χ3n) is 2.97. The Kier molecular flexibility index (Phi) is 7.35. The third-order valence-corrected chi connectivity index (χ3v) is 4.29. The third kappa shape index (κ3) is 4.84. The first-order valence-electron chi connectivity index (χ1n) is 5.28. The van der Waals surface area contributed by atoms with Crippen molar-refractivity contribution >= 4 is 10.0 Å². The molecule has 0 amide bonds. The second-order valence-electron chi connectivity index (χ2n) is 4.82. The van der Waals surface area contributed by atoms with Crippen molar-refractivity contribution in [3.63, 3.8) is 0 Å². The van der Waals surface area contributed by atoms with Crippen molar-refractivity contribution in [3.8, 4) is 0 Å². The maximum absolute atomic E-state index is 11.4. The van der Waals surface area contributed by atoms with Crippen molar-refractivity contribution in [1.82, 2.24) is 0 Å². The molecule has 0 aromatic carbocycles. The van der Waals surface area contributed by atoms with E-state index in [-0.39, 0.29) is 70.0 Å². The molecule has 0 aromatic heterocycles. The van der Waals surface area contributed by atoms with E-state index in [1.807, 2.05) is 13.8 Å². The van der Waals surface area contributed by atoms with Crippen molar-refractivity contribution in [2.45, 2.75) is 40.2 Å². The normalized spacial score (nSPS) is 30.3. The molecule has 0 saturated carbocycles. The van der Waals surface area contributed by atoms with Crippen molar-refractivity contribution in [1.29, 1.82) is 0 Å². The van der Waals surface area contributed by atoms with Crippen LogP contribution in [0.15, 0.2) is 0 Å². The zero-order valence-electron chi connectivity index (χ0n) is 10.4. The Balaban J connectivity index is 0.00000196. The first-order chi connectivity index (χ1) is 6.33. The Bertz CT molecular complexity index is 288. The Morgan fingerprint density at radius 2 is 1.67 bits per heavy atom. The summed E-state index contributed by atoms with van der Waals surface area (Å²) in [6, 6.07) is -0.00579. The van der Waals surface area contributed by atoms with Gasteiger partial charge in [0.05, 0.1) is 10.0 Å². The van der Waals surface area contributed by atoms with E-state index in [0.717, 1.165) is 6.42 Å². The summed E-state index contributed by atoms with van der Waals surface area (Å²) in [5.41, 5.74) is 0. The molecule has 15 heavy (non-hydrogen) atoms. The molecule has 5 heteroatoms. The van der Waals surface area contributed by atoms with Gasteiger partial charge < -0.3 is 4.72 Å². The SMILES string of the molecule is CC(C)C1CCS(=O)(=O)[N-]C1C(C)C.[Rb+]. The predicted octanol–water partition coefficient (Wildman–Crippen LogP) is -0.606. The molecule has 1 aliphatic heterocycles. The fourth-order valence-electron chi connectivity index (χ4n) is 2.12. The number of nitrogens with zero attached hydrogens (tertiary/aromatic N) is 1. The van der Waals surface area contributed by atoms with Gasteiger partial charge in [0, 0.05) is 5.75 Å². The molecule has 1 heterocycles. The molecule has 0 N–H and O–H groups in total. The van der Waals surface area contributed by atoms with Crippen LogP contribution in [0.25, 0.3) is 4.72 Å². The second kappa shape index (κ2) is 6.60. The molecule has 0 aliphatic carbocycles. The molecule has 2 unspecified atom stereocenters. The molecule has 0 bridgehead atoms. The summed E-state index contributed by atoms with van der Waals surface area (Å²) >= 11 is 0. The Morgan fingerprint density at radius 1 is 1.13 bits per heavy atom. The summed E-state index contributed by atoms with van der Waals surface area (Å²) in [5.74, 6) is 1.50. The molecule has 0 radical (unpaired) electrons. The van der Waals surface area contributed by atoms with E-state index in [1.54, 1.807) is 0 Å². The van der Waals surface area contributed by atoms with Gasteiger partial charge in [0.1, 0.15) is 0 Å². The van der Waals surface area contributed by atoms with Crippen molar-refractivity contribution in [2.24, 2.45) is 17.8 Å². The van der Waals surface area contributed by atoms with E-state index in [0.29, 0.717) is 17.8 Å². The van der Waals surface area contributed by atoms with Crippen LogP contribution in [0.5, 0.6) is 0 Å². The molecule has 0 aromatic rings. The standard InChI is InChI=1S/C10H20NO2S.Rb/c1-7(2)9-5-6-14(12,13)11-10(9)8(3)4;/h7-10H,5-6H2,1-4H3;/q-1;+1. The topological polar surface area (TPSA) is 48.2 Å². The van der Waals surface area contributed by atoms with E-state index >= 15 is 0 Å². The van der Waals surface area contributed by atoms with E-state index in [1.165, 1.54) is 0 Å². The van der Waals surface area contributed by atoms with Crippen molar-refractivity contribution < 1.29 is 66.6 Å². The molecule has 2 atom stereocenters. The zero-order valence-corrected chi connectivity index (χ0v) is 16.1. The maximum atomic E-state index is 11.4. The number of hydrogen-bond donors (Lipinski definition) is 0. The molecule has 1 rings (SSSR count). The minimum absolute atomic E-state index is 0. The number of hydrogen-bond acceptors (Lipinski definition) is 2. The summed E-state index contributed by atoms with van der Waals surface area (Å²) in [5, 5.41) is 0. The van der Waals surface area contributed by atoms with Crippen LogP contribution < -0.4 is 58.2 Å². The van der Waals surface area contributed by atoms with Crippen LogP contribution in [-0.2, 0) is 10.0 Å². The second-order valence-corrected chi connectivity index (χ2v) is 6.61. The van der Waals surface area contributed by atoms with E-state index in [9.17, 15) is 8.42 Å². The van der Waals surface area contributed by atoms with Gasteiger partial charge in [-0.15, -0.1) is 6.04 Å². The first kappa shape index (κ1) is 16.7. The van der Waals surface area contributed by atoms with E-state index in [4.69, 9.17) is 0 Å².